The van der Waals surface area contributed by atoms with Gasteiger partial charge in [-0.05, 0) is 36.6 Å². The van der Waals surface area contributed by atoms with Crippen LogP contribution in [0.2, 0.25) is 0 Å². The molecule has 0 radical (unpaired) electrons. The van der Waals surface area contributed by atoms with E-state index in [0.29, 0.717) is 0 Å². The predicted octanol–water partition coefficient (Wildman–Crippen LogP) is 4.17. The van der Waals surface area contributed by atoms with E-state index >= 15 is 0 Å². The molecule has 128 valence electrons. The van der Waals surface area contributed by atoms with Crippen LogP contribution in [0, 0.1) is 13.8 Å². The van der Waals surface area contributed by atoms with Gasteiger partial charge in [0.15, 0.2) is 0 Å². The molecule has 0 unspecified atom stereocenters. The van der Waals surface area contributed by atoms with Gasteiger partial charge in [0.25, 0.3) is 0 Å². The lowest BCUT2D eigenvalue weighted by Crippen LogP contribution is -2.46. The highest BCUT2D eigenvalue weighted by molar-refractivity contribution is 5.96. The predicted molar refractivity (Wildman–Crippen MR) is 105 cm³/mol. The number of fused-ring (bicyclic) bond motifs is 1. The van der Waals surface area contributed by atoms with Crippen molar-refractivity contribution in [2.24, 2.45) is 0 Å². The second kappa shape index (κ2) is 6.85. The maximum Gasteiger partial charge on any atom is 0.0754 e. The number of pyridine rings is 1. The lowest BCUT2D eigenvalue weighted by atomic mass is 10.0. The maximum atomic E-state index is 4.63. The Hall–Kier alpha value is -2.39. The number of aryl methyl sites for hydroxylation is 2. The second-order valence-corrected chi connectivity index (χ2v) is 7.00. The molecule has 1 aliphatic heterocycles. The number of piperazine rings is 1. The van der Waals surface area contributed by atoms with Crippen LogP contribution in [0.25, 0.3) is 10.9 Å². The second-order valence-electron chi connectivity index (χ2n) is 7.00. The van der Waals surface area contributed by atoms with Gasteiger partial charge in [-0.15, -0.1) is 0 Å². The molecule has 1 saturated heterocycles. The van der Waals surface area contributed by atoms with Gasteiger partial charge in [-0.2, -0.15) is 0 Å². The van der Waals surface area contributed by atoms with E-state index in [4.69, 9.17) is 0 Å². The van der Waals surface area contributed by atoms with Crippen molar-refractivity contribution in [3.63, 3.8) is 0 Å². The van der Waals surface area contributed by atoms with Gasteiger partial charge in [0.05, 0.1) is 5.52 Å². The van der Waals surface area contributed by atoms with Crippen LogP contribution in [0.5, 0.6) is 0 Å². The monoisotopic (exact) mass is 331 g/mol. The molecular weight excluding hydrogens is 306 g/mol. The maximum absolute atomic E-state index is 4.63. The Kier molecular flexibility index (Phi) is 4.41. The Balaban J connectivity index is 1.53. The minimum absolute atomic E-state index is 1.05. The highest BCUT2D eigenvalue weighted by Gasteiger charge is 2.20. The number of hydrogen-bond donors (Lipinski definition) is 0. The summed E-state index contributed by atoms with van der Waals surface area (Å²) in [7, 11) is 0. The quantitative estimate of drug-likeness (QED) is 0.718. The van der Waals surface area contributed by atoms with Crippen molar-refractivity contribution in [1.82, 2.24) is 9.88 Å². The summed E-state index contributed by atoms with van der Waals surface area (Å²) in [4.78, 5) is 9.71. The van der Waals surface area contributed by atoms with Crippen molar-refractivity contribution < 1.29 is 0 Å². The van der Waals surface area contributed by atoms with Crippen LogP contribution >= 0.6 is 0 Å². The normalized spacial score (nSPS) is 15.7. The van der Waals surface area contributed by atoms with Crippen LogP contribution in [-0.4, -0.2) is 36.1 Å². The van der Waals surface area contributed by atoms with Crippen LogP contribution in [-0.2, 0) is 6.54 Å². The topological polar surface area (TPSA) is 19.4 Å². The smallest absolute Gasteiger partial charge is 0.0754 e. The van der Waals surface area contributed by atoms with Crippen molar-refractivity contribution in [2.45, 2.75) is 20.4 Å². The number of anilines is 1. The van der Waals surface area contributed by atoms with E-state index in [1.165, 1.54) is 27.8 Å². The standard InChI is InChI=1S/C22H25N3/c1-17-8-9-18(2)22-21(17)20(10-11-23-22)25-14-12-24(13-15-25)16-19-6-4-3-5-7-19/h3-11H,12-16H2,1-2H3. The summed E-state index contributed by atoms with van der Waals surface area (Å²) in [5.74, 6) is 0. The number of aromatic nitrogens is 1. The van der Waals surface area contributed by atoms with Crippen LogP contribution in [0.3, 0.4) is 0 Å². The van der Waals surface area contributed by atoms with Crippen molar-refractivity contribution in [2.75, 3.05) is 31.1 Å². The minimum Gasteiger partial charge on any atom is -0.368 e. The van der Waals surface area contributed by atoms with Gasteiger partial charge in [0, 0.05) is 50.0 Å². The average Bonchev–Trinajstić information content (AvgIpc) is 2.66. The van der Waals surface area contributed by atoms with E-state index in [-0.39, 0.29) is 0 Å². The molecule has 3 nitrogen and oxygen atoms in total. The van der Waals surface area contributed by atoms with Gasteiger partial charge in [-0.1, -0.05) is 42.5 Å². The Morgan fingerprint density at radius 3 is 2.32 bits per heavy atom. The molecule has 0 saturated carbocycles. The third kappa shape index (κ3) is 3.24. The fourth-order valence-electron chi connectivity index (χ4n) is 3.80. The van der Waals surface area contributed by atoms with E-state index < -0.39 is 0 Å². The molecule has 1 fully saturated rings. The van der Waals surface area contributed by atoms with Gasteiger partial charge >= 0.3 is 0 Å². The third-order valence-corrected chi connectivity index (χ3v) is 5.24. The number of hydrogen-bond acceptors (Lipinski definition) is 3. The molecule has 2 aromatic carbocycles. The van der Waals surface area contributed by atoms with Crippen LogP contribution in [0.15, 0.2) is 54.7 Å². The van der Waals surface area contributed by atoms with Crippen molar-refractivity contribution in [1.29, 1.82) is 0 Å². The van der Waals surface area contributed by atoms with Gasteiger partial charge in [0.1, 0.15) is 0 Å². The first kappa shape index (κ1) is 16.1. The van der Waals surface area contributed by atoms with E-state index in [1.54, 1.807) is 0 Å². The van der Waals surface area contributed by atoms with Crippen molar-refractivity contribution in [3.05, 3.63) is 71.4 Å². The largest absolute Gasteiger partial charge is 0.368 e. The molecule has 0 N–H and O–H groups in total. The number of nitrogens with zero attached hydrogens (tertiary/aromatic N) is 3. The van der Waals surface area contributed by atoms with Crippen molar-refractivity contribution in [3.8, 4) is 0 Å². The molecule has 0 amide bonds. The Bertz CT molecular complexity index is 865. The zero-order chi connectivity index (χ0) is 17.2. The Morgan fingerprint density at radius 2 is 1.56 bits per heavy atom. The zero-order valence-corrected chi connectivity index (χ0v) is 15.1. The lowest BCUT2D eigenvalue weighted by Gasteiger charge is -2.36. The van der Waals surface area contributed by atoms with E-state index in [1.807, 2.05) is 6.20 Å². The summed E-state index contributed by atoms with van der Waals surface area (Å²) in [5, 5.41) is 1.32. The van der Waals surface area contributed by atoms with Gasteiger partial charge in [-0.3, -0.25) is 9.88 Å². The summed E-state index contributed by atoms with van der Waals surface area (Å²) in [6.45, 7) is 9.73. The van der Waals surface area contributed by atoms with Crippen LogP contribution in [0.1, 0.15) is 16.7 Å². The molecule has 4 rings (SSSR count). The van der Waals surface area contributed by atoms with Crippen LogP contribution < -0.4 is 4.90 Å². The van der Waals surface area contributed by atoms with E-state index in [2.05, 4.69) is 77.2 Å². The molecule has 0 bridgehead atoms. The lowest BCUT2D eigenvalue weighted by molar-refractivity contribution is 0.250. The summed E-state index contributed by atoms with van der Waals surface area (Å²) < 4.78 is 0. The molecule has 0 aliphatic carbocycles. The SMILES string of the molecule is Cc1ccc(C)c2c(N3CCN(Cc4ccccc4)CC3)ccnc12. The van der Waals surface area contributed by atoms with E-state index in [9.17, 15) is 0 Å². The fourth-order valence-corrected chi connectivity index (χ4v) is 3.80. The molecule has 1 aliphatic rings. The van der Waals surface area contributed by atoms with Gasteiger partial charge in [0.2, 0.25) is 0 Å². The number of benzene rings is 2. The average molecular weight is 331 g/mol. The molecule has 3 heteroatoms. The fraction of sp³-hybridized carbons (Fsp3) is 0.318. The highest BCUT2D eigenvalue weighted by Crippen LogP contribution is 2.30. The molecule has 1 aromatic heterocycles. The molecule has 0 atom stereocenters. The Morgan fingerprint density at radius 1 is 0.840 bits per heavy atom. The first-order valence-electron chi connectivity index (χ1n) is 9.08. The molecular formula is C22H25N3. The molecule has 3 aromatic rings. The van der Waals surface area contributed by atoms with Gasteiger partial charge < -0.3 is 4.90 Å². The summed E-state index contributed by atoms with van der Waals surface area (Å²) in [5.41, 5.74) is 6.45. The minimum atomic E-state index is 1.05. The highest BCUT2D eigenvalue weighted by atomic mass is 15.3. The zero-order valence-electron chi connectivity index (χ0n) is 15.1. The Labute approximate surface area is 149 Å². The molecule has 2 heterocycles. The first-order valence-corrected chi connectivity index (χ1v) is 9.08. The third-order valence-electron chi connectivity index (χ3n) is 5.24. The van der Waals surface area contributed by atoms with E-state index in [0.717, 1.165) is 38.2 Å². The number of rotatable bonds is 3. The van der Waals surface area contributed by atoms with Gasteiger partial charge in [-0.25, -0.2) is 0 Å². The summed E-state index contributed by atoms with van der Waals surface area (Å²) >= 11 is 0. The summed E-state index contributed by atoms with van der Waals surface area (Å²) in [6, 6.07) is 17.3. The van der Waals surface area contributed by atoms with Crippen molar-refractivity contribution >= 4 is 16.6 Å². The summed E-state index contributed by atoms with van der Waals surface area (Å²) in [6.07, 6.45) is 1.96. The first-order chi connectivity index (χ1) is 12.2. The molecule has 25 heavy (non-hydrogen) atoms. The molecule has 0 spiro atoms. The van der Waals surface area contributed by atoms with Crippen LogP contribution in [0.4, 0.5) is 5.69 Å².